The molecular weight excluding hydrogens is 396 g/mol. The smallest absolute Gasteiger partial charge is 0.222 e. The Morgan fingerprint density at radius 2 is 0.500 bits per heavy atom. The van der Waals surface area contributed by atoms with Gasteiger partial charge in [0.2, 0.25) is 0 Å². The summed E-state index contributed by atoms with van der Waals surface area (Å²) in [7, 11) is -9.89. The second-order valence-corrected chi connectivity index (χ2v) is 2.27. The van der Waals surface area contributed by atoms with E-state index in [0.717, 1.165) is 0 Å². The van der Waals surface area contributed by atoms with Crippen molar-refractivity contribution in [3.63, 3.8) is 0 Å². The van der Waals surface area contributed by atoms with Crippen molar-refractivity contribution in [1.82, 2.24) is 0 Å². The van der Waals surface area contributed by atoms with E-state index >= 15 is 0 Å². The monoisotopic (exact) mass is 394 g/mol. The zero-order chi connectivity index (χ0) is 9.00. The molecule has 0 amide bonds. The molecule has 12 heavy (non-hydrogen) atoms. The molecule has 8 nitrogen and oxygen atoms in total. The summed E-state index contributed by atoms with van der Waals surface area (Å²) >= 11 is 0. The van der Waals surface area contributed by atoms with Gasteiger partial charge in [0, 0.05) is 0 Å². The van der Waals surface area contributed by atoms with Gasteiger partial charge in [-0.15, -0.1) is 20.5 Å². The molecule has 74 valence electrons. The van der Waals surface area contributed by atoms with Crippen LogP contribution < -0.4 is 37.3 Å². The first-order valence-corrected chi connectivity index (χ1v) is 3.70. The van der Waals surface area contributed by atoms with E-state index < -0.39 is 20.5 Å². The molecule has 0 spiro atoms. The number of hydrogen-bond donors (Lipinski definition) is 0. The minimum absolute atomic E-state index is 0. The van der Waals surface area contributed by atoms with Crippen molar-refractivity contribution in [2.75, 3.05) is 0 Å². The zero-order valence-corrected chi connectivity index (χ0v) is 10.7. The molecule has 0 unspecified atom stereocenters. The van der Waals surface area contributed by atoms with Crippen molar-refractivity contribution in [2.45, 2.75) is 0 Å². The van der Waals surface area contributed by atoms with Gasteiger partial charge in [-0.2, -0.15) is 0 Å². The van der Waals surface area contributed by atoms with Gasteiger partial charge in [-0.05, 0) is 0 Å². The first kappa shape index (κ1) is 23.7. The first-order chi connectivity index (χ1) is 4.00. The molecule has 0 saturated carbocycles. The Morgan fingerprint density at radius 3 is 0.500 bits per heavy atom. The van der Waals surface area contributed by atoms with Crippen molar-refractivity contribution in [3.8, 4) is 0 Å². The van der Waals surface area contributed by atoms with Crippen LogP contribution in [0.25, 0.3) is 0 Å². The summed E-state index contributed by atoms with van der Waals surface area (Å²) in [6.07, 6.45) is 0. The summed E-state index contributed by atoms with van der Waals surface area (Å²) in [5, 5.41) is 0. The third-order valence-corrected chi connectivity index (χ3v) is 0. The maximum absolute atomic E-state index is 8.49. The van der Waals surface area contributed by atoms with Crippen LogP contribution in [-0.2, 0) is 55.1 Å². The van der Waals surface area contributed by atoms with E-state index in [1.54, 1.807) is 0 Å². The minimum Gasteiger partial charge on any atom is -0.222 e. The van der Waals surface area contributed by atoms with Gasteiger partial charge in [0.1, 0.15) is 0 Å². The summed E-state index contributed by atoms with van der Waals surface area (Å²) in [5.41, 5.74) is 0. The molecule has 0 aliphatic rings. The van der Waals surface area contributed by atoms with Crippen LogP contribution in [0, 0.1) is 20.5 Å². The Kier molecular flexibility index (Phi) is 19.1. The predicted octanol–water partition coefficient (Wildman–Crippen LogP) is -9.52. The van der Waals surface area contributed by atoms with E-state index in [9.17, 15) is 0 Å². The Hall–Kier alpha value is 2.10. The van der Waals surface area contributed by atoms with Crippen LogP contribution in [0.1, 0.15) is 0 Å². The molecule has 0 fully saturated rings. The van der Waals surface area contributed by atoms with Gasteiger partial charge in [0.05, 0.1) is 0 Å². The van der Waals surface area contributed by atoms with Crippen LogP contribution >= 0.6 is 0 Å². The van der Waals surface area contributed by atoms with Crippen LogP contribution in [0.2, 0.25) is 0 Å². The minimum atomic E-state index is -4.94. The number of halogens is 2. The van der Waals surface area contributed by atoms with Gasteiger partial charge in [0.25, 0.3) is 0 Å². The second kappa shape index (κ2) is 9.65. The normalized spacial score (nSPS) is 10.0. The quantitative estimate of drug-likeness (QED) is 0.362. The molecule has 0 saturated heterocycles. The molecule has 0 radical (unpaired) electrons. The largest absolute Gasteiger partial charge is 3.00 e. The van der Waals surface area contributed by atoms with E-state index in [2.05, 4.69) is 0 Å². The maximum atomic E-state index is 8.49. The molecule has 0 N–H and O–H groups in total. The fourth-order valence-corrected chi connectivity index (χ4v) is 0. The van der Waals surface area contributed by atoms with Gasteiger partial charge in [-0.1, -0.05) is 0 Å². The molecule has 0 atom stereocenters. The SMILES string of the molecule is [Ag+].[O-][Cl+3]([O-])([O-])[O-].[O-][Cl+3]([O-])([O-])[O-].[Y+3]. The molecule has 0 bridgehead atoms. The predicted molar refractivity (Wildman–Crippen MR) is 0 cm³/mol. The van der Waals surface area contributed by atoms with Gasteiger partial charge in [-0.25, -0.2) is 37.3 Å². The van der Waals surface area contributed by atoms with Gasteiger partial charge < -0.3 is 0 Å². The van der Waals surface area contributed by atoms with Gasteiger partial charge >= 0.3 is 55.1 Å². The van der Waals surface area contributed by atoms with Crippen LogP contribution in [0.3, 0.4) is 0 Å². The molecule has 0 rings (SSSR count). The zero-order valence-electron chi connectivity index (χ0n) is 4.90. The molecule has 0 aliphatic carbocycles. The topological polar surface area (TPSA) is 184 Å². The third kappa shape index (κ3) is 337. The Balaban J connectivity index is -0.0000000457. The van der Waals surface area contributed by atoms with E-state index in [0.29, 0.717) is 0 Å². The molecule has 0 aliphatic heterocycles. The average Bonchev–Trinajstić information content (AvgIpc) is 1.12. The van der Waals surface area contributed by atoms with Crippen molar-refractivity contribution < 1.29 is 113 Å². The summed E-state index contributed by atoms with van der Waals surface area (Å²) in [4.78, 5) is 0. The standard InChI is InChI=1S/Ag.2ClHO4.Y/c;2*2-1(3,4)5;/h;2*(H,2,3,4,5);/q+1;;;+3/p-2. The fraction of sp³-hybridized carbons (Fsp3) is 0. The van der Waals surface area contributed by atoms with Gasteiger partial charge in [0.15, 0.2) is 0 Å². The van der Waals surface area contributed by atoms with Crippen molar-refractivity contribution in [1.29, 1.82) is 0 Å². The van der Waals surface area contributed by atoms with Crippen molar-refractivity contribution in [3.05, 3.63) is 0 Å². The number of hydrogen-bond acceptors (Lipinski definition) is 8. The van der Waals surface area contributed by atoms with Crippen molar-refractivity contribution >= 4 is 0 Å². The third-order valence-electron chi connectivity index (χ3n) is 0. The van der Waals surface area contributed by atoms with Crippen molar-refractivity contribution in [2.24, 2.45) is 0 Å². The molecule has 0 aromatic rings. The van der Waals surface area contributed by atoms with E-state index in [1.165, 1.54) is 0 Å². The molecule has 0 aromatic heterocycles. The van der Waals surface area contributed by atoms with E-state index in [-0.39, 0.29) is 55.1 Å². The molecule has 12 heteroatoms. The molecule has 0 aromatic carbocycles. The Bertz CT molecular complexity index is 60.0. The van der Waals surface area contributed by atoms with Crippen LogP contribution in [0.4, 0.5) is 0 Å². The summed E-state index contributed by atoms with van der Waals surface area (Å²) < 4.78 is 67.9. The maximum Gasteiger partial charge on any atom is 3.00 e. The molecular formula is AgCl2O8Y+2. The Morgan fingerprint density at radius 1 is 0.500 bits per heavy atom. The van der Waals surface area contributed by atoms with E-state index in [1.807, 2.05) is 0 Å². The fourth-order valence-electron chi connectivity index (χ4n) is 0. The van der Waals surface area contributed by atoms with Crippen LogP contribution in [0.5, 0.6) is 0 Å². The first-order valence-electron chi connectivity index (χ1n) is 1.23. The summed E-state index contributed by atoms with van der Waals surface area (Å²) in [6.45, 7) is 0. The van der Waals surface area contributed by atoms with E-state index in [4.69, 9.17) is 37.3 Å². The van der Waals surface area contributed by atoms with Crippen LogP contribution in [-0.4, -0.2) is 0 Å². The second-order valence-electron chi connectivity index (χ2n) is 0.756. The number of rotatable bonds is 0. The molecule has 0 heterocycles. The van der Waals surface area contributed by atoms with Crippen LogP contribution in [0.15, 0.2) is 0 Å². The average molecular weight is 396 g/mol. The Labute approximate surface area is 112 Å². The van der Waals surface area contributed by atoms with Gasteiger partial charge in [-0.3, -0.25) is 0 Å². The summed E-state index contributed by atoms with van der Waals surface area (Å²) in [5.74, 6) is 0. The summed E-state index contributed by atoms with van der Waals surface area (Å²) in [6, 6.07) is 0.